The molecule has 0 amide bonds. The third-order valence-electron chi connectivity index (χ3n) is 3.74. The van der Waals surface area contributed by atoms with Crippen LogP contribution in [0.15, 0.2) is 0 Å². The van der Waals surface area contributed by atoms with Gasteiger partial charge in [-0.3, -0.25) is 0 Å². The van der Waals surface area contributed by atoms with Gasteiger partial charge in [-0.25, -0.2) is 0 Å². The quantitative estimate of drug-likeness (QED) is 0.551. The predicted octanol–water partition coefficient (Wildman–Crippen LogP) is 4.01. The van der Waals surface area contributed by atoms with E-state index in [1.807, 2.05) is 0 Å². The lowest BCUT2D eigenvalue weighted by Crippen LogP contribution is -2.39. The molecule has 0 spiro atoms. The van der Waals surface area contributed by atoms with Gasteiger partial charge in [0.05, 0.1) is 0 Å². The lowest BCUT2D eigenvalue weighted by atomic mass is 10.1. The normalized spacial score (nSPS) is 14.8. The van der Waals surface area contributed by atoms with Crippen molar-refractivity contribution in [3.8, 4) is 0 Å². The van der Waals surface area contributed by atoms with E-state index >= 15 is 0 Å². The van der Waals surface area contributed by atoms with Crippen LogP contribution < -0.4 is 5.32 Å². The van der Waals surface area contributed by atoms with Crippen molar-refractivity contribution >= 4 is 11.8 Å². The molecule has 19 heavy (non-hydrogen) atoms. The standard InChI is InChI=1S/C16H36N2S/c1-6-11-15(17-12-7-2)16(8-3)19-14-13-18(9-4)10-5/h15-17H,6-14H2,1-5H3. The molecule has 0 aromatic rings. The SMILES string of the molecule is CCCNC(CCC)C(CC)SCCN(CC)CC. The van der Waals surface area contributed by atoms with Crippen LogP contribution in [0.5, 0.6) is 0 Å². The zero-order valence-corrected chi connectivity index (χ0v) is 14.7. The molecule has 0 radical (unpaired) electrons. The lowest BCUT2D eigenvalue weighted by Gasteiger charge is -2.28. The summed E-state index contributed by atoms with van der Waals surface area (Å²) in [6.45, 7) is 16.2. The van der Waals surface area contributed by atoms with E-state index in [1.165, 1.54) is 51.1 Å². The van der Waals surface area contributed by atoms with E-state index < -0.39 is 0 Å². The Hall–Kier alpha value is 0.270. The molecule has 0 heterocycles. The van der Waals surface area contributed by atoms with E-state index in [4.69, 9.17) is 0 Å². The summed E-state index contributed by atoms with van der Waals surface area (Å²) in [6.07, 6.45) is 5.12. The largest absolute Gasteiger partial charge is 0.313 e. The van der Waals surface area contributed by atoms with E-state index in [0.717, 1.165) is 11.8 Å². The van der Waals surface area contributed by atoms with Crippen LogP contribution >= 0.6 is 11.8 Å². The van der Waals surface area contributed by atoms with Gasteiger partial charge in [0.25, 0.3) is 0 Å². The molecule has 0 fully saturated rings. The van der Waals surface area contributed by atoms with E-state index in [1.54, 1.807) is 0 Å². The summed E-state index contributed by atoms with van der Waals surface area (Å²) < 4.78 is 0. The summed E-state index contributed by atoms with van der Waals surface area (Å²) in [5.41, 5.74) is 0. The van der Waals surface area contributed by atoms with Crippen LogP contribution in [0.25, 0.3) is 0 Å². The Morgan fingerprint density at radius 1 is 1.00 bits per heavy atom. The highest BCUT2D eigenvalue weighted by Gasteiger charge is 2.18. The molecule has 0 aromatic heterocycles. The monoisotopic (exact) mass is 288 g/mol. The van der Waals surface area contributed by atoms with Gasteiger partial charge in [0.15, 0.2) is 0 Å². The number of nitrogens with one attached hydrogen (secondary N) is 1. The van der Waals surface area contributed by atoms with Crippen molar-refractivity contribution in [3.63, 3.8) is 0 Å². The molecule has 3 heteroatoms. The van der Waals surface area contributed by atoms with Gasteiger partial charge in [-0.15, -0.1) is 0 Å². The average Bonchev–Trinajstić information content (AvgIpc) is 2.44. The van der Waals surface area contributed by atoms with Gasteiger partial charge in [0.2, 0.25) is 0 Å². The minimum absolute atomic E-state index is 0.705. The Balaban J connectivity index is 4.11. The first-order chi connectivity index (χ1) is 9.23. The van der Waals surface area contributed by atoms with Crippen molar-refractivity contribution in [2.24, 2.45) is 0 Å². The predicted molar refractivity (Wildman–Crippen MR) is 91.3 cm³/mol. The second-order valence-corrected chi connectivity index (χ2v) is 6.54. The molecule has 116 valence electrons. The maximum absolute atomic E-state index is 3.75. The molecule has 0 aliphatic rings. The number of hydrogen-bond acceptors (Lipinski definition) is 3. The van der Waals surface area contributed by atoms with Crippen molar-refractivity contribution in [1.82, 2.24) is 10.2 Å². The van der Waals surface area contributed by atoms with Crippen LogP contribution in [0.2, 0.25) is 0 Å². The fourth-order valence-corrected chi connectivity index (χ4v) is 3.82. The van der Waals surface area contributed by atoms with E-state index in [9.17, 15) is 0 Å². The summed E-state index contributed by atoms with van der Waals surface area (Å²) >= 11 is 2.17. The highest BCUT2D eigenvalue weighted by atomic mass is 32.2. The Morgan fingerprint density at radius 3 is 2.16 bits per heavy atom. The third-order valence-corrected chi connectivity index (χ3v) is 5.25. The van der Waals surface area contributed by atoms with E-state index in [0.29, 0.717) is 6.04 Å². The number of rotatable bonds is 13. The van der Waals surface area contributed by atoms with E-state index in [2.05, 4.69) is 56.6 Å². The van der Waals surface area contributed by atoms with Crippen LogP contribution in [0.1, 0.15) is 60.3 Å². The Morgan fingerprint density at radius 2 is 1.68 bits per heavy atom. The maximum Gasteiger partial charge on any atom is 0.0199 e. The molecule has 0 saturated heterocycles. The highest BCUT2D eigenvalue weighted by molar-refractivity contribution is 7.99. The van der Waals surface area contributed by atoms with Gasteiger partial charge >= 0.3 is 0 Å². The molecule has 2 nitrogen and oxygen atoms in total. The number of nitrogens with zero attached hydrogens (tertiary/aromatic N) is 1. The summed E-state index contributed by atoms with van der Waals surface area (Å²) in [6, 6.07) is 0.705. The van der Waals surface area contributed by atoms with Crippen molar-refractivity contribution < 1.29 is 0 Å². The van der Waals surface area contributed by atoms with Gasteiger partial charge in [0.1, 0.15) is 0 Å². The van der Waals surface area contributed by atoms with Crippen molar-refractivity contribution in [1.29, 1.82) is 0 Å². The molecule has 2 unspecified atom stereocenters. The third kappa shape index (κ3) is 8.93. The van der Waals surface area contributed by atoms with Crippen LogP contribution in [0.4, 0.5) is 0 Å². The molecule has 0 aliphatic heterocycles. The van der Waals surface area contributed by atoms with Crippen molar-refractivity contribution in [2.75, 3.05) is 31.9 Å². The zero-order valence-electron chi connectivity index (χ0n) is 13.9. The zero-order chi connectivity index (χ0) is 14.5. The minimum Gasteiger partial charge on any atom is -0.313 e. The van der Waals surface area contributed by atoms with Crippen molar-refractivity contribution in [3.05, 3.63) is 0 Å². The minimum atomic E-state index is 0.705. The highest BCUT2D eigenvalue weighted by Crippen LogP contribution is 2.21. The topological polar surface area (TPSA) is 15.3 Å². The van der Waals surface area contributed by atoms with Gasteiger partial charge in [-0.1, -0.05) is 41.0 Å². The van der Waals surface area contributed by atoms with Crippen LogP contribution in [0, 0.1) is 0 Å². The van der Waals surface area contributed by atoms with Gasteiger partial charge in [-0.2, -0.15) is 11.8 Å². The van der Waals surface area contributed by atoms with Gasteiger partial charge < -0.3 is 10.2 Å². The van der Waals surface area contributed by atoms with Crippen LogP contribution in [0.3, 0.4) is 0 Å². The molecular weight excluding hydrogens is 252 g/mol. The Bertz CT molecular complexity index is 184. The molecule has 0 saturated carbocycles. The fraction of sp³-hybridized carbons (Fsp3) is 1.00. The summed E-state index contributed by atoms with van der Waals surface area (Å²) in [5.74, 6) is 1.27. The number of hydrogen-bond donors (Lipinski definition) is 1. The molecule has 2 atom stereocenters. The van der Waals surface area contributed by atoms with Crippen LogP contribution in [-0.2, 0) is 0 Å². The molecule has 0 aromatic carbocycles. The van der Waals surface area contributed by atoms with E-state index in [-0.39, 0.29) is 0 Å². The fourth-order valence-electron chi connectivity index (χ4n) is 2.45. The maximum atomic E-state index is 3.75. The molecular formula is C16H36N2S. The van der Waals surface area contributed by atoms with Crippen LogP contribution in [-0.4, -0.2) is 48.1 Å². The summed E-state index contributed by atoms with van der Waals surface area (Å²) in [4.78, 5) is 2.52. The second-order valence-electron chi connectivity index (χ2n) is 5.19. The summed E-state index contributed by atoms with van der Waals surface area (Å²) in [5, 5.41) is 4.53. The second kappa shape index (κ2) is 13.3. The molecule has 0 rings (SSSR count). The Kier molecular flexibility index (Phi) is 13.5. The smallest absolute Gasteiger partial charge is 0.0199 e. The lowest BCUT2D eigenvalue weighted by molar-refractivity contribution is 0.323. The Labute approximate surface area is 126 Å². The molecule has 0 aliphatic carbocycles. The summed E-state index contributed by atoms with van der Waals surface area (Å²) in [7, 11) is 0. The first kappa shape index (κ1) is 19.3. The van der Waals surface area contributed by atoms with Gasteiger partial charge in [0, 0.05) is 23.6 Å². The first-order valence-corrected chi connectivity index (χ1v) is 9.35. The first-order valence-electron chi connectivity index (χ1n) is 8.30. The van der Waals surface area contributed by atoms with Gasteiger partial charge in [-0.05, 0) is 38.9 Å². The molecule has 1 N–H and O–H groups in total. The van der Waals surface area contributed by atoms with Crippen molar-refractivity contribution in [2.45, 2.75) is 71.6 Å². The number of thioether (sulfide) groups is 1. The molecule has 0 bridgehead atoms. The average molecular weight is 289 g/mol.